The molecule has 0 bridgehead atoms. The molecular weight excluding hydrogens is 212 g/mol. The lowest BCUT2D eigenvalue weighted by Crippen LogP contribution is -2.34. The number of alkyl halides is 1. The predicted molar refractivity (Wildman–Crippen MR) is 59.8 cm³/mol. The zero-order valence-corrected chi connectivity index (χ0v) is 9.82. The van der Waals surface area contributed by atoms with Crippen LogP contribution in [0.25, 0.3) is 0 Å². The molecule has 1 fully saturated rings. The Labute approximate surface area is 95.2 Å². The van der Waals surface area contributed by atoms with Crippen LogP contribution in [0, 0.1) is 5.92 Å². The summed E-state index contributed by atoms with van der Waals surface area (Å²) in [4.78, 5) is 2.39. The number of hydrogen-bond acceptors (Lipinski definition) is 3. The first-order valence-corrected chi connectivity index (χ1v) is 5.94. The molecule has 0 radical (unpaired) electrons. The Morgan fingerprint density at radius 3 is 3.20 bits per heavy atom. The summed E-state index contributed by atoms with van der Waals surface area (Å²) in [6.45, 7) is 3.39. The minimum absolute atomic E-state index is 0.447. The molecule has 1 aliphatic heterocycles. The third-order valence-electron chi connectivity index (χ3n) is 2.99. The Morgan fingerprint density at radius 2 is 2.47 bits per heavy atom. The molecule has 2 heterocycles. The Balaban J connectivity index is 1.96. The summed E-state index contributed by atoms with van der Waals surface area (Å²) in [5.74, 6) is 2.04. The summed E-state index contributed by atoms with van der Waals surface area (Å²) in [5, 5.41) is 7.88. The number of likely N-dealkylation sites (tertiary alicyclic amines) is 1. The van der Waals surface area contributed by atoms with Gasteiger partial charge in [0.05, 0.1) is 5.88 Å². The molecule has 4 nitrogen and oxygen atoms in total. The van der Waals surface area contributed by atoms with Crippen molar-refractivity contribution in [3.05, 3.63) is 12.2 Å². The van der Waals surface area contributed by atoms with Gasteiger partial charge >= 0.3 is 0 Å². The SMILES string of the molecule is CN1CCCC(Cn2cnnc2CCl)C1. The van der Waals surface area contributed by atoms with E-state index < -0.39 is 0 Å². The van der Waals surface area contributed by atoms with E-state index in [4.69, 9.17) is 11.6 Å². The van der Waals surface area contributed by atoms with Gasteiger partial charge in [-0.1, -0.05) is 0 Å². The van der Waals surface area contributed by atoms with Crippen LogP contribution in [0.15, 0.2) is 6.33 Å². The zero-order chi connectivity index (χ0) is 10.7. The smallest absolute Gasteiger partial charge is 0.147 e. The first-order chi connectivity index (χ1) is 7.29. The average molecular weight is 229 g/mol. The maximum atomic E-state index is 5.79. The minimum atomic E-state index is 0.447. The fourth-order valence-electron chi connectivity index (χ4n) is 2.24. The van der Waals surface area contributed by atoms with Crippen molar-refractivity contribution in [2.75, 3.05) is 20.1 Å². The van der Waals surface area contributed by atoms with E-state index in [9.17, 15) is 0 Å². The van der Waals surface area contributed by atoms with Crippen LogP contribution in [-0.2, 0) is 12.4 Å². The molecule has 1 atom stereocenters. The lowest BCUT2D eigenvalue weighted by atomic mass is 9.98. The van der Waals surface area contributed by atoms with Crippen molar-refractivity contribution in [3.63, 3.8) is 0 Å². The molecule has 15 heavy (non-hydrogen) atoms. The highest BCUT2D eigenvalue weighted by atomic mass is 35.5. The van der Waals surface area contributed by atoms with Crippen molar-refractivity contribution >= 4 is 11.6 Å². The van der Waals surface area contributed by atoms with Gasteiger partial charge in [0.25, 0.3) is 0 Å². The van der Waals surface area contributed by atoms with Gasteiger partial charge in [-0.25, -0.2) is 0 Å². The second kappa shape index (κ2) is 4.94. The second-order valence-corrected chi connectivity index (χ2v) is 4.57. The Kier molecular flexibility index (Phi) is 3.59. The van der Waals surface area contributed by atoms with Crippen LogP contribution in [0.3, 0.4) is 0 Å². The van der Waals surface area contributed by atoms with Crippen LogP contribution in [0.4, 0.5) is 0 Å². The molecule has 0 aliphatic carbocycles. The monoisotopic (exact) mass is 228 g/mol. The molecule has 84 valence electrons. The molecule has 1 unspecified atom stereocenters. The van der Waals surface area contributed by atoms with Gasteiger partial charge in [-0.3, -0.25) is 0 Å². The van der Waals surface area contributed by atoms with Crippen molar-refractivity contribution in [2.45, 2.75) is 25.3 Å². The molecule has 0 saturated carbocycles. The molecule has 1 saturated heterocycles. The van der Waals surface area contributed by atoms with Crippen LogP contribution in [-0.4, -0.2) is 39.8 Å². The van der Waals surface area contributed by atoms with Crippen molar-refractivity contribution in [1.29, 1.82) is 0 Å². The summed E-state index contributed by atoms with van der Waals surface area (Å²) in [5.41, 5.74) is 0. The van der Waals surface area contributed by atoms with Crippen molar-refractivity contribution < 1.29 is 0 Å². The minimum Gasteiger partial charge on any atom is -0.316 e. The van der Waals surface area contributed by atoms with Crippen LogP contribution < -0.4 is 0 Å². The summed E-state index contributed by atoms with van der Waals surface area (Å²) in [6, 6.07) is 0. The molecule has 1 aromatic rings. The predicted octanol–water partition coefficient (Wildman–Crippen LogP) is 1.36. The van der Waals surface area contributed by atoms with Crippen molar-refractivity contribution in [3.8, 4) is 0 Å². The highest BCUT2D eigenvalue weighted by molar-refractivity contribution is 6.16. The van der Waals surface area contributed by atoms with Gasteiger partial charge < -0.3 is 9.47 Å². The quantitative estimate of drug-likeness (QED) is 0.733. The van der Waals surface area contributed by atoms with Crippen LogP contribution in [0.2, 0.25) is 0 Å². The van der Waals surface area contributed by atoms with Gasteiger partial charge in [0.1, 0.15) is 12.2 Å². The van der Waals surface area contributed by atoms with E-state index in [0.717, 1.165) is 12.4 Å². The molecule has 2 rings (SSSR count). The molecule has 1 aromatic heterocycles. The Morgan fingerprint density at radius 1 is 1.60 bits per heavy atom. The van der Waals surface area contributed by atoms with E-state index in [1.807, 2.05) is 0 Å². The first-order valence-electron chi connectivity index (χ1n) is 5.41. The van der Waals surface area contributed by atoms with E-state index in [1.165, 1.54) is 25.9 Å². The van der Waals surface area contributed by atoms with Gasteiger partial charge in [0.2, 0.25) is 0 Å². The lowest BCUT2D eigenvalue weighted by Gasteiger charge is -2.29. The van der Waals surface area contributed by atoms with Crippen molar-refractivity contribution in [2.24, 2.45) is 5.92 Å². The number of hydrogen-bond donors (Lipinski definition) is 0. The summed E-state index contributed by atoms with van der Waals surface area (Å²) < 4.78 is 2.08. The van der Waals surface area contributed by atoms with E-state index >= 15 is 0 Å². The molecule has 0 N–H and O–H groups in total. The summed E-state index contributed by atoms with van der Waals surface area (Å²) in [7, 11) is 2.18. The maximum Gasteiger partial charge on any atom is 0.147 e. The largest absolute Gasteiger partial charge is 0.316 e. The van der Waals surface area contributed by atoms with Crippen LogP contribution >= 0.6 is 11.6 Å². The number of piperidine rings is 1. The maximum absolute atomic E-state index is 5.79. The lowest BCUT2D eigenvalue weighted by molar-refractivity contribution is 0.193. The van der Waals surface area contributed by atoms with Crippen LogP contribution in [0.5, 0.6) is 0 Å². The highest BCUT2D eigenvalue weighted by Gasteiger charge is 2.18. The topological polar surface area (TPSA) is 34.0 Å². The molecule has 0 amide bonds. The zero-order valence-electron chi connectivity index (χ0n) is 9.06. The van der Waals surface area contributed by atoms with Gasteiger partial charge in [0, 0.05) is 13.1 Å². The van der Waals surface area contributed by atoms with E-state index in [1.54, 1.807) is 6.33 Å². The molecular formula is C10H17ClN4. The Bertz CT molecular complexity index is 312. The van der Waals surface area contributed by atoms with Gasteiger partial charge in [0.15, 0.2) is 0 Å². The third-order valence-corrected chi connectivity index (χ3v) is 3.23. The molecule has 0 spiro atoms. The summed E-state index contributed by atoms with van der Waals surface area (Å²) in [6.07, 6.45) is 4.37. The summed E-state index contributed by atoms with van der Waals surface area (Å²) >= 11 is 5.79. The molecule has 5 heteroatoms. The highest BCUT2D eigenvalue weighted by Crippen LogP contribution is 2.17. The number of aromatic nitrogens is 3. The van der Waals surface area contributed by atoms with Crippen LogP contribution in [0.1, 0.15) is 18.7 Å². The molecule has 1 aliphatic rings. The molecule has 0 aromatic carbocycles. The number of rotatable bonds is 3. The van der Waals surface area contributed by atoms with Gasteiger partial charge in [-0.05, 0) is 32.4 Å². The van der Waals surface area contributed by atoms with E-state index in [0.29, 0.717) is 11.8 Å². The van der Waals surface area contributed by atoms with Crippen molar-refractivity contribution in [1.82, 2.24) is 19.7 Å². The Hall–Kier alpha value is -0.610. The number of halogens is 1. The normalized spacial score (nSPS) is 23.2. The fraction of sp³-hybridized carbons (Fsp3) is 0.800. The van der Waals surface area contributed by atoms with E-state index in [2.05, 4.69) is 26.7 Å². The van der Waals surface area contributed by atoms with Gasteiger partial charge in [-0.2, -0.15) is 0 Å². The van der Waals surface area contributed by atoms with Gasteiger partial charge in [-0.15, -0.1) is 21.8 Å². The standard InChI is InChI=1S/C10H17ClN4/c1-14-4-2-3-9(6-14)7-15-8-12-13-10(15)5-11/h8-9H,2-7H2,1H3. The third kappa shape index (κ3) is 2.69. The average Bonchev–Trinajstić information content (AvgIpc) is 2.65. The fourth-order valence-corrected chi connectivity index (χ4v) is 2.44. The number of nitrogens with zero attached hydrogens (tertiary/aromatic N) is 4. The van der Waals surface area contributed by atoms with E-state index in [-0.39, 0.29) is 0 Å². The second-order valence-electron chi connectivity index (χ2n) is 4.30. The first kappa shape index (κ1) is 10.9.